The lowest BCUT2D eigenvalue weighted by atomic mass is 9.93. The van der Waals surface area contributed by atoms with Crippen molar-refractivity contribution in [1.29, 1.82) is 5.26 Å². The zero-order valence-corrected chi connectivity index (χ0v) is 30.0. The van der Waals surface area contributed by atoms with Crippen LogP contribution < -0.4 is 0 Å². The summed E-state index contributed by atoms with van der Waals surface area (Å²) in [7, 11) is 0. The van der Waals surface area contributed by atoms with E-state index in [1.807, 2.05) is 170 Å². The number of aromatic nitrogens is 6. The molecule has 262 valence electrons. The average Bonchev–Trinajstić information content (AvgIpc) is 3.29. The fourth-order valence-corrected chi connectivity index (χ4v) is 6.60. The number of hydrogen-bond donors (Lipinski definition) is 0. The Bertz CT molecular complexity index is 2740. The zero-order valence-electron chi connectivity index (χ0n) is 30.0. The fraction of sp³-hybridized carbons (Fsp3) is 0. The minimum Gasteiger partial charge on any atom is -0.208 e. The maximum Gasteiger partial charge on any atom is 0.164 e. The van der Waals surface area contributed by atoms with Crippen molar-refractivity contribution in [2.45, 2.75) is 0 Å². The van der Waals surface area contributed by atoms with E-state index in [2.05, 4.69) is 24.3 Å². The molecular weight excluding hydrogens is 687 g/mol. The van der Waals surface area contributed by atoms with Crippen molar-refractivity contribution >= 4 is 0 Å². The molecule has 9 aromatic rings. The largest absolute Gasteiger partial charge is 0.208 e. The molecule has 0 N–H and O–H groups in total. The van der Waals surface area contributed by atoms with E-state index in [-0.39, 0.29) is 0 Å². The lowest BCUT2D eigenvalue weighted by molar-refractivity contribution is 1.07. The van der Waals surface area contributed by atoms with Gasteiger partial charge in [0, 0.05) is 38.9 Å². The lowest BCUT2D eigenvalue weighted by Gasteiger charge is -2.12. The van der Waals surface area contributed by atoms with Crippen LogP contribution in [0.3, 0.4) is 0 Å². The highest BCUT2D eigenvalue weighted by Gasteiger charge is 2.16. The van der Waals surface area contributed by atoms with E-state index in [0.717, 1.165) is 55.6 Å². The third kappa shape index (κ3) is 7.06. The molecule has 0 amide bonds. The first-order valence-electron chi connectivity index (χ1n) is 18.2. The van der Waals surface area contributed by atoms with Crippen LogP contribution in [0.1, 0.15) is 5.56 Å². The zero-order chi connectivity index (χ0) is 37.7. The molecule has 2 aromatic heterocycles. The molecule has 0 saturated heterocycles. The topological polar surface area (TPSA) is 101 Å². The second-order valence-electron chi connectivity index (χ2n) is 13.1. The summed E-state index contributed by atoms with van der Waals surface area (Å²) in [6, 6.07) is 64.2. The Morgan fingerprint density at radius 2 is 0.571 bits per heavy atom. The molecule has 0 atom stereocenters. The molecule has 7 heteroatoms. The van der Waals surface area contributed by atoms with Crippen LogP contribution in [0.4, 0.5) is 0 Å². The van der Waals surface area contributed by atoms with Crippen molar-refractivity contribution in [3.63, 3.8) is 0 Å². The first kappa shape index (κ1) is 33.9. The van der Waals surface area contributed by atoms with Crippen LogP contribution in [0.2, 0.25) is 0 Å². The minimum absolute atomic E-state index is 0.545. The van der Waals surface area contributed by atoms with Crippen LogP contribution in [0.15, 0.2) is 188 Å². The van der Waals surface area contributed by atoms with Crippen molar-refractivity contribution in [3.8, 4) is 96.7 Å². The van der Waals surface area contributed by atoms with E-state index < -0.39 is 0 Å². The van der Waals surface area contributed by atoms with Crippen LogP contribution in [-0.4, -0.2) is 29.9 Å². The Hall–Kier alpha value is -7.95. The molecule has 7 aromatic carbocycles. The van der Waals surface area contributed by atoms with Crippen LogP contribution in [0.25, 0.3) is 90.6 Å². The Morgan fingerprint density at radius 1 is 0.268 bits per heavy atom. The summed E-state index contributed by atoms with van der Waals surface area (Å²) in [5, 5.41) is 10.3. The van der Waals surface area contributed by atoms with Gasteiger partial charge in [-0.1, -0.05) is 164 Å². The van der Waals surface area contributed by atoms with E-state index in [1.165, 1.54) is 0 Å². The Balaban J connectivity index is 1.11. The summed E-state index contributed by atoms with van der Waals surface area (Å²) < 4.78 is 0. The SMILES string of the molecule is N#Cc1ccc(-c2cccc(-c3nc(-c4ccccc4)nc(-c4ccccc4)n3)c2)cc1-c1cccc(-c2nc(-c3ccccc3)nc(-c3ccccc3)n2)c1. The van der Waals surface area contributed by atoms with Gasteiger partial charge in [0.05, 0.1) is 11.6 Å². The molecule has 2 heterocycles. The number of nitriles is 1. The Labute approximate surface area is 324 Å². The molecule has 56 heavy (non-hydrogen) atoms. The van der Waals surface area contributed by atoms with E-state index in [1.54, 1.807) is 0 Å². The average molecular weight is 718 g/mol. The van der Waals surface area contributed by atoms with Crippen LogP contribution in [0, 0.1) is 11.3 Å². The van der Waals surface area contributed by atoms with E-state index in [9.17, 15) is 5.26 Å². The number of nitrogens with zero attached hydrogens (tertiary/aromatic N) is 7. The standard InChI is InChI=1S/C49H31N7/c50-32-42-28-27-38(37-23-13-25-40(29-37)48-53-44(33-15-5-1-6-16-33)51-45(54-48)34-17-7-2-8-18-34)31-43(42)39-24-14-26-41(30-39)49-55-46(35-19-9-3-10-20-35)52-47(56-49)36-21-11-4-12-22-36/h1-31H. The van der Waals surface area contributed by atoms with Crippen molar-refractivity contribution in [2.75, 3.05) is 0 Å². The summed E-state index contributed by atoms with van der Waals surface area (Å²) in [5.41, 5.74) is 9.43. The van der Waals surface area contributed by atoms with Gasteiger partial charge >= 0.3 is 0 Å². The number of benzene rings is 7. The van der Waals surface area contributed by atoms with Crippen molar-refractivity contribution in [2.24, 2.45) is 0 Å². The van der Waals surface area contributed by atoms with Gasteiger partial charge in [0.25, 0.3) is 0 Å². The molecule has 0 aliphatic rings. The van der Waals surface area contributed by atoms with Gasteiger partial charge in [0.2, 0.25) is 0 Å². The van der Waals surface area contributed by atoms with Crippen molar-refractivity contribution < 1.29 is 0 Å². The molecule has 9 rings (SSSR count). The van der Waals surface area contributed by atoms with Crippen LogP contribution in [0.5, 0.6) is 0 Å². The third-order valence-corrected chi connectivity index (χ3v) is 9.42. The summed E-state index contributed by atoms with van der Waals surface area (Å²) in [5.74, 6) is 3.50. The number of rotatable bonds is 8. The Morgan fingerprint density at radius 3 is 0.964 bits per heavy atom. The molecule has 0 spiro atoms. The normalized spacial score (nSPS) is 10.8. The van der Waals surface area contributed by atoms with Gasteiger partial charge in [0.1, 0.15) is 0 Å². The van der Waals surface area contributed by atoms with Crippen LogP contribution >= 0.6 is 0 Å². The van der Waals surface area contributed by atoms with Gasteiger partial charge in [-0.3, -0.25) is 0 Å². The van der Waals surface area contributed by atoms with Gasteiger partial charge in [0.15, 0.2) is 34.9 Å². The van der Waals surface area contributed by atoms with Gasteiger partial charge in [-0.15, -0.1) is 0 Å². The molecule has 0 bridgehead atoms. The maximum atomic E-state index is 10.3. The lowest BCUT2D eigenvalue weighted by Crippen LogP contribution is -2.00. The van der Waals surface area contributed by atoms with E-state index in [0.29, 0.717) is 40.5 Å². The van der Waals surface area contributed by atoms with Gasteiger partial charge < -0.3 is 0 Å². The minimum atomic E-state index is 0.545. The highest BCUT2D eigenvalue weighted by atomic mass is 15.0. The molecule has 0 unspecified atom stereocenters. The summed E-state index contributed by atoms with van der Waals surface area (Å²) in [6.45, 7) is 0. The molecular formula is C49H31N7. The highest BCUT2D eigenvalue weighted by Crippen LogP contribution is 2.34. The maximum absolute atomic E-state index is 10.3. The van der Waals surface area contributed by atoms with Gasteiger partial charge in [-0.05, 0) is 41.0 Å². The molecule has 0 aliphatic carbocycles. The van der Waals surface area contributed by atoms with E-state index >= 15 is 0 Å². The summed E-state index contributed by atoms with van der Waals surface area (Å²) in [6.07, 6.45) is 0. The molecule has 0 fully saturated rings. The number of hydrogen-bond acceptors (Lipinski definition) is 7. The highest BCUT2D eigenvalue weighted by molar-refractivity contribution is 5.81. The second-order valence-corrected chi connectivity index (χ2v) is 13.1. The molecule has 0 aliphatic heterocycles. The summed E-state index contributed by atoms with van der Waals surface area (Å²) in [4.78, 5) is 29.4. The van der Waals surface area contributed by atoms with Crippen molar-refractivity contribution in [1.82, 2.24) is 29.9 Å². The predicted octanol–water partition coefficient (Wildman–Crippen LogP) is 11.3. The molecule has 0 saturated carbocycles. The quantitative estimate of drug-likeness (QED) is 0.154. The second kappa shape index (κ2) is 15.2. The summed E-state index contributed by atoms with van der Waals surface area (Å²) >= 11 is 0. The van der Waals surface area contributed by atoms with Crippen molar-refractivity contribution in [3.05, 3.63) is 194 Å². The Kier molecular flexibility index (Phi) is 9.18. The monoisotopic (exact) mass is 717 g/mol. The van der Waals surface area contributed by atoms with E-state index in [4.69, 9.17) is 29.9 Å². The smallest absolute Gasteiger partial charge is 0.164 e. The van der Waals surface area contributed by atoms with Crippen LogP contribution in [-0.2, 0) is 0 Å². The molecule has 0 radical (unpaired) electrons. The van der Waals surface area contributed by atoms with Gasteiger partial charge in [-0.25, -0.2) is 29.9 Å². The fourth-order valence-electron chi connectivity index (χ4n) is 6.60. The van der Waals surface area contributed by atoms with Gasteiger partial charge in [-0.2, -0.15) is 5.26 Å². The predicted molar refractivity (Wildman–Crippen MR) is 221 cm³/mol. The molecule has 7 nitrogen and oxygen atoms in total. The third-order valence-electron chi connectivity index (χ3n) is 9.42. The first-order valence-corrected chi connectivity index (χ1v) is 18.2. The first-order chi connectivity index (χ1) is 27.7.